The molecular weight excluding hydrogens is 538 g/mol. The Kier molecular flexibility index (Phi) is 4.69. The van der Waals surface area contributed by atoms with Crippen molar-refractivity contribution in [2.45, 2.75) is 0 Å². The average molecular weight is 562 g/mol. The molecule has 0 aliphatic rings. The SMILES string of the molecule is c1ccc2cc3c(cc2c1)oc1ccc2c(-c4cccc5ccccc45)nc(-n4c5ccccc5c5ccccc54)nc2c13. The quantitative estimate of drug-likeness (QED) is 0.211. The summed E-state index contributed by atoms with van der Waals surface area (Å²) in [5.41, 5.74) is 6.69. The summed E-state index contributed by atoms with van der Waals surface area (Å²) in [6.45, 7) is 0. The summed E-state index contributed by atoms with van der Waals surface area (Å²) in [5.74, 6) is 0.639. The zero-order chi connectivity index (χ0) is 28.8. The summed E-state index contributed by atoms with van der Waals surface area (Å²) in [7, 11) is 0. The Morgan fingerprint density at radius 1 is 0.455 bits per heavy atom. The predicted octanol–water partition coefficient (Wildman–Crippen LogP) is 10.6. The molecule has 10 rings (SSSR count). The van der Waals surface area contributed by atoms with Gasteiger partial charge in [-0.15, -0.1) is 0 Å². The summed E-state index contributed by atoms with van der Waals surface area (Å²) in [6, 6.07) is 48.9. The number of nitrogens with zero attached hydrogens (tertiary/aromatic N) is 3. The van der Waals surface area contributed by atoms with Gasteiger partial charge >= 0.3 is 0 Å². The molecule has 0 bridgehead atoms. The fourth-order valence-electron chi connectivity index (χ4n) is 7.00. The molecule has 4 nitrogen and oxygen atoms in total. The lowest BCUT2D eigenvalue weighted by molar-refractivity contribution is 0.669. The molecule has 0 saturated carbocycles. The van der Waals surface area contributed by atoms with Crippen molar-refractivity contribution in [3.63, 3.8) is 0 Å². The molecule has 4 heteroatoms. The van der Waals surface area contributed by atoms with Crippen LogP contribution in [0, 0.1) is 0 Å². The lowest BCUT2D eigenvalue weighted by atomic mass is 9.98. The Hall–Kier alpha value is -6.00. The standard InChI is InChI=1S/C40H23N3O/c1-2-12-26-23-36-32(22-25(26)11-1)37-35(44-36)21-20-31-38(30-17-9-13-24-10-3-4-14-27(24)30)41-40(42-39(31)37)43-33-18-7-5-15-28(33)29-16-6-8-19-34(29)43/h1-23H. The minimum atomic E-state index is 0.639. The summed E-state index contributed by atoms with van der Waals surface area (Å²) in [5, 5.41) is 10.1. The first-order chi connectivity index (χ1) is 21.8. The van der Waals surface area contributed by atoms with Gasteiger partial charge in [0, 0.05) is 27.1 Å². The fraction of sp³-hybridized carbons (Fsp3) is 0. The van der Waals surface area contributed by atoms with Crippen LogP contribution in [0.4, 0.5) is 0 Å². The third kappa shape index (κ3) is 3.22. The van der Waals surface area contributed by atoms with Gasteiger partial charge < -0.3 is 4.42 Å². The van der Waals surface area contributed by atoms with Crippen LogP contribution < -0.4 is 0 Å². The van der Waals surface area contributed by atoms with E-state index in [2.05, 4.69) is 144 Å². The number of rotatable bonds is 2. The van der Waals surface area contributed by atoms with Crippen molar-refractivity contribution in [3.8, 4) is 17.2 Å². The van der Waals surface area contributed by atoms with Gasteiger partial charge in [0.05, 0.1) is 27.6 Å². The summed E-state index contributed by atoms with van der Waals surface area (Å²) in [4.78, 5) is 10.8. The topological polar surface area (TPSA) is 43.9 Å². The zero-order valence-corrected chi connectivity index (χ0v) is 23.5. The van der Waals surface area contributed by atoms with E-state index < -0.39 is 0 Å². The van der Waals surface area contributed by atoms with E-state index in [4.69, 9.17) is 14.4 Å². The third-order valence-corrected chi connectivity index (χ3v) is 8.98. The highest BCUT2D eigenvalue weighted by atomic mass is 16.3. The molecule has 7 aromatic carbocycles. The van der Waals surface area contributed by atoms with Crippen LogP contribution in [0.2, 0.25) is 0 Å². The van der Waals surface area contributed by atoms with Gasteiger partial charge in [0.2, 0.25) is 5.95 Å². The number of hydrogen-bond acceptors (Lipinski definition) is 3. The van der Waals surface area contributed by atoms with Crippen molar-refractivity contribution in [2.75, 3.05) is 0 Å². The van der Waals surface area contributed by atoms with Crippen molar-refractivity contribution >= 4 is 76.2 Å². The van der Waals surface area contributed by atoms with E-state index in [1.807, 2.05) is 0 Å². The van der Waals surface area contributed by atoms with Gasteiger partial charge in [-0.25, -0.2) is 9.97 Å². The first kappa shape index (κ1) is 23.6. The number of hydrogen-bond donors (Lipinski definition) is 0. The molecule has 0 aliphatic heterocycles. The van der Waals surface area contributed by atoms with Crippen molar-refractivity contribution in [1.82, 2.24) is 14.5 Å². The Morgan fingerprint density at radius 2 is 1.09 bits per heavy atom. The molecule has 204 valence electrons. The molecule has 0 fully saturated rings. The normalized spacial score (nSPS) is 12.1. The van der Waals surface area contributed by atoms with E-state index in [-0.39, 0.29) is 0 Å². The maximum atomic E-state index is 6.49. The third-order valence-electron chi connectivity index (χ3n) is 8.98. The smallest absolute Gasteiger partial charge is 0.235 e. The average Bonchev–Trinajstić information content (AvgIpc) is 3.62. The van der Waals surface area contributed by atoms with Crippen molar-refractivity contribution in [2.24, 2.45) is 0 Å². The van der Waals surface area contributed by atoms with Crippen molar-refractivity contribution in [1.29, 1.82) is 0 Å². The number of aromatic nitrogens is 3. The van der Waals surface area contributed by atoms with E-state index in [1.165, 1.54) is 21.5 Å². The van der Waals surface area contributed by atoms with Gasteiger partial charge in [-0.2, -0.15) is 0 Å². The molecule has 10 aromatic rings. The van der Waals surface area contributed by atoms with E-state index in [1.54, 1.807) is 0 Å². The van der Waals surface area contributed by atoms with Crippen LogP contribution in [0.3, 0.4) is 0 Å². The lowest BCUT2D eigenvalue weighted by Gasteiger charge is -2.14. The van der Waals surface area contributed by atoms with Crippen LogP contribution in [0.15, 0.2) is 144 Å². The maximum absolute atomic E-state index is 6.49. The van der Waals surface area contributed by atoms with Gasteiger partial charge in [0.1, 0.15) is 11.2 Å². The molecule has 3 aromatic heterocycles. The second-order valence-corrected chi connectivity index (χ2v) is 11.4. The van der Waals surface area contributed by atoms with Crippen LogP contribution in [0.5, 0.6) is 0 Å². The monoisotopic (exact) mass is 561 g/mol. The van der Waals surface area contributed by atoms with E-state index in [0.29, 0.717) is 5.95 Å². The summed E-state index contributed by atoms with van der Waals surface area (Å²) in [6.07, 6.45) is 0. The molecule has 0 spiro atoms. The molecule has 0 saturated heterocycles. The molecule has 44 heavy (non-hydrogen) atoms. The first-order valence-corrected chi connectivity index (χ1v) is 14.8. The number of fused-ring (bicyclic) bond motifs is 10. The van der Waals surface area contributed by atoms with E-state index in [0.717, 1.165) is 65.9 Å². The van der Waals surface area contributed by atoms with Crippen LogP contribution in [0.1, 0.15) is 0 Å². The number of benzene rings is 7. The van der Waals surface area contributed by atoms with Gasteiger partial charge in [-0.05, 0) is 57.9 Å². The van der Waals surface area contributed by atoms with Crippen LogP contribution in [-0.4, -0.2) is 14.5 Å². The first-order valence-electron chi connectivity index (χ1n) is 14.8. The second kappa shape index (κ2) is 8.76. The van der Waals surface area contributed by atoms with Gasteiger partial charge in [0.25, 0.3) is 0 Å². The lowest BCUT2D eigenvalue weighted by Crippen LogP contribution is -2.03. The Balaban J connectivity index is 1.41. The highest BCUT2D eigenvalue weighted by molar-refractivity contribution is 6.22. The fourth-order valence-corrected chi connectivity index (χ4v) is 7.00. The van der Waals surface area contributed by atoms with Gasteiger partial charge in [-0.1, -0.05) is 103 Å². The van der Waals surface area contributed by atoms with Gasteiger partial charge in [-0.3, -0.25) is 4.57 Å². The minimum absolute atomic E-state index is 0.639. The van der Waals surface area contributed by atoms with E-state index >= 15 is 0 Å². The van der Waals surface area contributed by atoms with Crippen LogP contribution in [-0.2, 0) is 0 Å². The highest BCUT2D eigenvalue weighted by Crippen LogP contribution is 2.41. The zero-order valence-electron chi connectivity index (χ0n) is 23.5. The molecule has 0 amide bonds. The Bertz CT molecular complexity index is 2730. The maximum Gasteiger partial charge on any atom is 0.235 e. The summed E-state index contributed by atoms with van der Waals surface area (Å²) >= 11 is 0. The molecule has 0 radical (unpaired) electrons. The summed E-state index contributed by atoms with van der Waals surface area (Å²) < 4.78 is 8.69. The molecule has 0 aliphatic carbocycles. The molecular formula is C40H23N3O. The number of furan rings is 1. The van der Waals surface area contributed by atoms with Crippen molar-refractivity contribution in [3.05, 3.63) is 140 Å². The van der Waals surface area contributed by atoms with Gasteiger partial charge in [0.15, 0.2) is 0 Å². The van der Waals surface area contributed by atoms with E-state index in [9.17, 15) is 0 Å². The van der Waals surface area contributed by atoms with Crippen LogP contribution in [0.25, 0.3) is 93.4 Å². The number of para-hydroxylation sites is 2. The highest BCUT2D eigenvalue weighted by Gasteiger charge is 2.21. The Labute approximate surface area is 251 Å². The molecule has 0 N–H and O–H groups in total. The second-order valence-electron chi connectivity index (χ2n) is 11.4. The van der Waals surface area contributed by atoms with Crippen molar-refractivity contribution < 1.29 is 4.42 Å². The van der Waals surface area contributed by atoms with Crippen LogP contribution >= 0.6 is 0 Å². The Morgan fingerprint density at radius 3 is 1.86 bits per heavy atom. The predicted molar refractivity (Wildman–Crippen MR) is 182 cm³/mol. The molecule has 0 atom stereocenters. The minimum Gasteiger partial charge on any atom is -0.456 e. The largest absolute Gasteiger partial charge is 0.456 e. The molecule has 0 unspecified atom stereocenters. The molecule has 3 heterocycles.